The van der Waals surface area contributed by atoms with E-state index in [2.05, 4.69) is 550 Å². The van der Waals surface area contributed by atoms with Gasteiger partial charge < -0.3 is 14.7 Å². The van der Waals surface area contributed by atoms with Gasteiger partial charge >= 0.3 is 0 Å². The summed E-state index contributed by atoms with van der Waals surface area (Å²) < 4.78 is 0. The smallest absolute Gasteiger partial charge is 0.0746 e. The van der Waals surface area contributed by atoms with Crippen LogP contribution in [-0.2, 0) is 16.2 Å². The molecule has 6 aliphatic carbocycles. The van der Waals surface area contributed by atoms with Gasteiger partial charge in [-0.3, -0.25) is 0 Å². The zero-order valence-corrected chi connectivity index (χ0v) is 80.9. The van der Waals surface area contributed by atoms with Crippen molar-refractivity contribution in [3.8, 4) is 100 Å². The lowest BCUT2D eigenvalue weighted by atomic mass is 9.70. The summed E-state index contributed by atoms with van der Waals surface area (Å²) >= 11 is 0. The highest BCUT2D eigenvalue weighted by atomic mass is 15.2. The van der Waals surface area contributed by atoms with E-state index in [0.29, 0.717) is 0 Å². The van der Waals surface area contributed by atoms with Crippen LogP contribution in [0, 0.1) is 62.3 Å². The molecule has 0 aliphatic heterocycles. The van der Waals surface area contributed by atoms with Crippen molar-refractivity contribution >= 4 is 51.2 Å². The lowest BCUT2D eigenvalue weighted by molar-refractivity contribution is 0.793. The number of nitrogens with zero attached hydrogens (tertiary/aromatic N) is 3. The van der Waals surface area contributed by atoms with Gasteiger partial charge in [0.15, 0.2) is 0 Å². The third-order valence-corrected chi connectivity index (χ3v) is 31.3. The second kappa shape index (κ2) is 34.0. The van der Waals surface area contributed by atoms with Crippen LogP contribution < -0.4 is 14.7 Å². The minimum atomic E-state index is -0.436. The highest BCUT2D eigenvalue weighted by Gasteiger charge is 2.56. The van der Waals surface area contributed by atoms with E-state index in [4.69, 9.17) is 0 Å². The molecular weight excluding hydrogens is 1700 g/mol. The minimum Gasteiger partial charge on any atom is -0.310 e. The number of anilines is 9. The first kappa shape index (κ1) is 85.7. The van der Waals surface area contributed by atoms with Crippen LogP contribution in [-0.4, -0.2) is 0 Å². The number of hydrogen-bond acceptors (Lipinski definition) is 3. The standard InChI is InChI=1S/3C46H35N/c1-30-23-25-33(26-24-30)47(34-27-28-36(32(3)29-34)35-14-5-4-13-31(35)2)44-22-12-18-40-39-17-8-11-21-43(39)46(45(40)44)41-19-9-6-15-37(41)38-16-7-10-20-42(38)46;1-30-23-25-33(26-24-30)47(34-27-28-36(32(3)29-34)35-14-5-4-13-31(35)2)44-22-12-21-43-45(44)39-17-8-11-20-42(39)46(43)40-18-9-6-15-37(40)38-16-7-10-19-41(38)46;1-30-20-22-33(23-21-30)47(34-24-26-37(32(3)28-34)36-13-5-4-12-31(36)2)35-25-27-45-41(29-35)40-16-8-11-19-44(40)46(45)42-17-9-6-14-38(42)39-15-7-10-18-43(39)46/h3*4-29H,1-3H3. The summed E-state index contributed by atoms with van der Waals surface area (Å²) in [5.41, 5.74) is 60.5. The normalized spacial score (nSPS) is 13.2. The summed E-state index contributed by atoms with van der Waals surface area (Å²) in [6, 6.07) is 176. The molecule has 0 bridgehead atoms. The topological polar surface area (TPSA) is 9.72 Å². The molecule has 6 aliphatic rings. The Kier molecular flexibility index (Phi) is 20.7. The fourth-order valence-electron chi connectivity index (χ4n) is 25.1. The number of fused-ring (bicyclic) bond motifs is 30. The molecule has 141 heavy (non-hydrogen) atoms. The van der Waals surface area contributed by atoms with Crippen LogP contribution in [0.5, 0.6) is 0 Å². The summed E-state index contributed by atoms with van der Waals surface area (Å²) in [5, 5.41) is 0. The Balaban J connectivity index is 0.000000111. The van der Waals surface area contributed by atoms with E-state index in [0.717, 1.165) is 39.8 Å². The number of aryl methyl sites for hydroxylation is 9. The predicted octanol–water partition coefficient (Wildman–Crippen LogP) is 36.3. The molecule has 3 nitrogen and oxygen atoms in total. The molecule has 672 valence electrons. The van der Waals surface area contributed by atoms with Crippen molar-refractivity contribution in [2.24, 2.45) is 0 Å². The van der Waals surface area contributed by atoms with Gasteiger partial charge in [0.25, 0.3) is 0 Å². The first-order valence-electron chi connectivity index (χ1n) is 49.6. The maximum atomic E-state index is 2.49. The Morgan fingerprint density at radius 1 is 0.135 bits per heavy atom. The monoisotopic (exact) mass is 1800 g/mol. The molecule has 0 unspecified atom stereocenters. The van der Waals surface area contributed by atoms with Crippen LogP contribution in [0.2, 0.25) is 0 Å². The van der Waals surface area contributed by atoms with Gasteiger partial charge in [-0.15, -0.1) is 0 Å². The van der Waals surface area contributed by atoms with E-state index in [1.807, 2.05) is 0 Å². The van der Waals surface area contributed by atoms with Crippen molar-refractivity contribution in [3.63, 3.8) is 0 Å². The molecule has 0 aromatic heterocycles. The summed E-state index contributed by atoms with van der Waals surface area (Å²) in [7, 11) is 0. The van der Waals surface area contributed by atoms with Gasteiger partial charge in [0.05, 0.1) is 27.6 Å². The molecule has 21 aromatic rings. The molecule has 0 atom stereocenters. The van der Waals surface area contributed by atoms with E-state index >= 15 is 0 Å². The fourth-order valence-corrected chi connectivity index (χ4v) is 25.1. The molecule has 3 spiro atoms. The third kappa shape index (κ3) is 13.2. The van der Waals surface area contributed by atoms with Crippen molar-refractivity contribution in [1.82, 2.24) is 0 Å². The quantitative estimate of drug-likeness (QED) is 0.121. The van der Waals surface area contributed by atoms with Gasteiger partial charge in [-0.25, -0.2) is 0 Å². The van der Waals surface area contributed by atoms with Crippen LogP contribution in [0.25, 0.3) is 100 Å². The van der Waals surface area contributed by atoms with E-state index in [9.17, 15) is 0 Å². The highest BCUT2D eigenvalue weighted by molar-refractivity contribution is 6.05. The Bertz CT molecular complexity index is 8450. The van der Waals surface area contributed by atoms with Crippen molar-refractivity contribution in [1.29, 1.82) is 0 Å². The van der Waals surface area contributed by atoms with Gasteiger partial charge in [-0.1, -0.05) is 393 Å². The van der Waals surface area contributed by atoms with Crippen molar-refractivity contribution in [2.75, 3.05) is 14.7 Å². The van der Waals surface area contributed by atoms with Gasteiger partial charge in [0.1, 0.15) is 0 Å². The maximum Gasteiger partial charge on any atom is 0.0746 e. The Morgan fingerprint density at radius 3 is 0.723 bits per heavy atom. The lowest BCUT2D eigenvalue weighted by Gasteiger charge is -2.36. The molecule has 0 amide bonds. The molecular formula is C138H105N3. The van der Waals surface area contributed by atoms with E-state index in [1.54, 1.807) is 0 Å². The molecule has 21 aromatic carbocycles. The SMILES string of the molecule is Cc1ccc(N(c2ccc(-c3ccccc3C)c(C)c2)c2ccc3c(c2)-c2ccccc2C32c3ccccc3-c3ccccc32)cc1.Cc1ccc(N(c2ccc(-c3ccccc3C)c(C)c2)c2cccc3c2-c2ccccc2C32c3ccccc3-c3ccccc32)cc1.Cc1ccc(N(c2ccc(-c3ccccc3C)c(C)c2)c2cccc3c2C2(c4ccccc4-c4ccccc42)c2ccccc2-3)cc1. The summed E-state index contributed by atoms with van der Waals surface area (Å²) in [6.07, 6.45) is 0. The molecule has 0 fully saturated rings. The van der Waals surface area contributed by atoms with Crippen LogP contribution in [0.15, 0.2) is 473 Å². The molecule has 0 radical (unpaired) electrons. The lowest BCUT2D eigenvalue weighted by Crippen LogP contribution is -2.28. The summed E-state index contributed by atoms with van der Waals surface area (Å²) in [4.78, 5) is 7.37. The van der Waals surface area contributed by atoms with Crippen molar-refractivity contribution < 1.29 is 0 Å². The van der Waals surface area contributed by atoms with Gasteiger partial charge in [0.2, 0.25) is 0 Å². The third-order valence-electron chi connectivity index (χ3n) is 31.3. The summed E-state index contributed by atoms with van der Waals surface area (Å²) in [6.45, 7) is 19.8. The largest absolute Gasteiger partial charge is 0.310 e. The van der Waals surface area contributed by atoms with Crippen molar-refractivity contribution in [2.45, 2.75) is 78.6 Å². The van der Waals surface area contributed by atoms with Crippen LogP contribution >= 0.6 is 0 Å². The molecule has 27 rings (SSSR count). The first-order valence-corrected chi connectivity index (χ1v) is 49.6. The Morgan fingerprint density at radius 2 is 0.362 bits per heavy atom. The average molecular weight is 1810 g/mol. The summed E-state index contributed by atoms with van der Waals surface area (Å²) in [5.74, 6) is 0. The van der Waals surface area contributed by atoms with Gasteiger partial charge in [0, 0.05) is 50.9 Å². The highest BCUT2D eigenvalue weighted by Crippen LogP contribution is 2.69. The van der Waals surface area contributed by atoms with E-state index < -0.39 is 5.41 Å². The Labute approximate surface area is 828 Å². The molecule has 0 saturated carbocycles. The predicted molar refractivity (Wildman–Crippen MR) is 591 cm³/mol. The maximum absolute atomic E-state index is 2.49. The molecule has 0 saturated heterocycles. The second-order valence-electron chi connectivity index (χ2n) is 39.2. The van der Waals surface area contributed by atoms with Gasteiger partial charge in [-0.05, 0) is 349 Å². The molecule has 0 N–H and O–H groups in total. The fraction of sp³-hybridized carbons (Fsp3) is 0.0870. The van der Waals surface area contributed by atoms with Crippen LogP contribution in [0.3, 0.4) is 0 Å². The minimum absolute atomic E-state index is 0.335. The van der Waals surface area contributed by atoms with Crippen LogP contribution in [0.1, 0.15) is 117 Å². The number of hydrogen-bond donors (Lipinski definition) is 0. The van der Waals surface area contributed by atoms with Gasteiger partial charge in [-0.2, -0.15) is 0 Å². The first-order chi connectivity index (χ1) is 69.2. The Hall–Kier alpha value is -17.0. The van der Waals surface area contributed by atoms with E-state index in [-0.39, 0.29) is 10.8 Å². The molecule has 3 heteroatoms. The molecule has 0 heterocycles. The van der Waals surface area contributed by atoms with Crippen LogP contribution in [0.4, 0.5) is 51.2 Å². The zero-order valence-electron chi connectivity index (χ0n) is 80.9. The second-order valence-corrected chi connectivity index (χ2v) is 39.2. The number of rotatable bonds is 12. The number of benzene rings is 21. The zero-order chi connectivity index (χ0) is 95.1. The van der Waals surface area contributed by atoms with E-state index in [1.165, 1.54) is 228 Å². The average Bonchev–Trinajstić information content (AvgIpc) is 1.51. The van der Waals surface area contributed by atoms with Crippen molar-refractivity contribution in [3.05, 3.63) is 590 Å².